The van der Waals surface area contributed by atoms with Crippen LogP contribution < -0.4 is 5.73 Å². The first-order chi connectivity index (χ1) is 9.75. The predicted octanol–water partition coefficient (Wildman–Crippen LogP) is 1.50. The van der Waals surface area contributed by atoms with Crippen LogP contribution in [0.3, 0.4) is 0 Å². The molecule has 0 radical (unpaired) electrons. The number of alkyl halides is 3. The monoisotopic (exact) mass is 323 g/mol. The SMILES string of the molecule is NCc1ccc(S(=O)(=O)N2CCCC(C(F)(F)F)C2)nc1. The molecule has 1 aliphatic heterocycles. The Kier molecular flexibility index (Phi) is 4.54. The second-order valence-electron chi connectivity index (χ2n) is 4.95. The Balaban J connectivity index is 2.22. The van der Waals surface area contributed by atoms with Gasteiger partial charge in [0.15, 0.2) is 5.03 Å². The minimum Gasteiger partial charge on any atom is -0.326 e. The van der Waals surface area contributed by atoms with Gasteiger partial charge in [-0.15, -0.1) is 0 Å². The number of hydrogen-bond donors (Lipinski definition) is 1. The third kappa shape index (κ3) is 3.53. The van der Waals surface area contributed by atoms with Gasteiger partial charge in [-0.1, -0.05) is 6.07 Å². The van der Waals surface area contributed by atoms with Gasteiger partial charge >= 0.3 is 6.18 Å². The molecule has 0 amide bonds. The lowest BCUT2D eigenvalue weighted by molar-refractivity contribution is -0.182. The molecule has 21 heavy (non-hydrogen) atoms. The zero-order valence-corrected chi connectivity index (χ0v) is 12.0. The van der Waals surface area contributed by atoms with Crippen molar-refractivity contribution in [1.82, 2.24) is 9.29 Å². The van der Waals surface area contributed by atoms with Gasteiger partial charge in [0, 0.05) is 25.8 Å². The normalized spacial score (nSPS) is 21.4. The fourth-order valence-corrected chi connectivity index (χ4v) is 3.68. The first kappa shape index (κ1) is 16.2. The largest absolute Gasteiger partial charge is 0.393 e. The first-order valence-electron chi connectivity index (χ1n) is 6.47. The molecule has 1 aliphatic rings. The molecule has 0 saturated carbocycles. The van der Waals surface area contributed by atoms with Crippen LogP contribution in [0.15, 0.2) is 23.4 Å². The summed E-state index contributed by atoms with van der Waals surface area (Å²) in [6.45, 7) is -0.255. The lowest BCUT2D eigenvalue weighted by Crippen LogP contribution is -2.44. The van der Waals surface area contributed by atoms with E-state index in [1.54, 1.807) is 0 Å². The van der Waals surface area contributed by atoms with Crippen LogP contribution in [-0.4, -0.2) is 37.0 Å². The third-order valence-electron chi connectivity index (χ3n) is 3.48. The van der Waals surface area contributed by atoms with Gasteiger partial charge in [0.1, 0.15) is 0 Å². The van der Waals surface area contributed by atoms with Crippen LogP contribution in [0, 0.1) is 5.92 Å². The molecule has 0 bridgehead atoms. The van der Waals surface area contributed by atoms with Crippen LogP contribution in [0.1, 0.15) is 18.4 Å². The number of aromatic nitrogens is 1. The molecule has 9 heteroatoms. The van der Waals surface area contributed by atoms with Gasteiger partial charge < -0.3 is 5.73 Å². The highest BCUT2D eigenvalue weighted by atomic mass is 32.2. The van der Waals surface area contributed by atoms with Crippen LogP contribution in [0.5, 0.6) is 0 Å². The van der Waals surface area contributed by atoms with E-state index in [0.29, 0.717) is 5.56 Å². The van der Waals surface area contributed by atoms with Crippen molar-refractivity contribution >= 4 is 10.0 Å². The Morgan fingerprint density at radius 3 is 2.62 bits per heavy atom. The van der Waals surface area contributed by atoms with Gasteiger partial charge in [-0.25, -0.2) is 13.4 Å². The molecular weight excluding hydrogens is 307 g/mol. The topological polar surface area (TPSA) is 76.3 Å². The van der Waals surface area contributed by atoms with Crippen molar-refractivity contribution in [3.05, 3.63) is 23.9 Å². The van der Waals surface area contributed by atoms with E-state index in [1.807, 2.05) is 0 Å². The molecule has 1 fully saturated rings. The summed E-state index contributed by atoms with van der Waals surface area (Å²) in [5.74, 6) is -1.62. The van der Waals surface area contributed by atoms with Crippen molar-refractivity contribution in [2.45, 2.75) is 30.6 Å². The van der Waals surface area contributed by atoms with E-state index in [2.05, 4.69) is 4.98 Å². The number of nitrogens with zero attached hydrogens (tertiary/aromatic N) is 2. The first-order valence-corrected chi connectivity index (χ1v) is 7.91. The minimum atomic E-state index is -4.38. The molecule has 0 aliphatic carbocycles. The van der Waals surface area contributed by atoms with Gasteiger partial charge in [-0.3, -0.25) is 0 Å². The highest BCUT2D eigenvalue weighted by molar-refractivity contribution is 7.89. The average Bonchev–Trinajstić information content (AvgIpc) is 2.46. The number of rotatable bonds is 3. The summed E-state index contributed by atoms with van der Waals surface area (Å²) in [6, 6.07) is 2.78. The molecule has 2 rings (SSSR count). The fraction of sp³-hybridized carbons (Fsp3) is 0.583. The van der Waals surface area contributed by atoms with Gasteiger partial charge in [-0.05, 0) is 24.5 Å². The molecule has 0 spiro atoms. The summed E-state index contributed by atoms with van der Waals surface area (Å²) in [7, 11) is -4.00. The standard InChI is InChI=1S/C12H16F3N3O2S/c13-12(14,15)10-2-1-5-18(8-10)21(19,20)11-4-3-9(6-16)7-17-11/h3-4,7,10H,1-2,5-6,8,16H2. The minimum absolute atomic E-state index is 0.0466. The molecule has 1 atom stereocenters. The van der Waals surface area contributed by atoms with Crippen molar-refractivity contribution in [2.75, 3.05) is 13.1 Å². The number of sulfonamides is 1. The van der Waals surface area contributed by atoms with Crippen molar-refractivity contribution in [1.29, 1.82) is 0 Å². The quantitative estimate of drug-likeness (QED) is 0.914. The zero-order valence-electron chi connectivity index (χ0n) is 11.2. The summed E-state index contributed by atoms with van der Waals surface area (Å²) >= 11 is 0. The van der Waals surface area contributed by atoms with Crippen molar-refractivity contribution in [3.8, 4) is 0 Å². The fourth-order valence-electron chi connectivity index (χ4n) is 2.24. The highest BCUT2D eigenvalue weighted by Crippen LogP contribution is 2.34. The lowest BCUT2D eigenvalue weighted by atomic mass is 9.99. The number of pyridine rings is 1. The van der Waals surface area contributed by atoms with Crippen LogP contribution in [0.25, 0.3) is 0 Å². The second kappa shape index (κ2) is 5.90. The van der Waals surface area contributed by atoms with Crippen LogP contribution >= 0.6 is 0 Å². The number of hydrogen-bond acceptors (Lipinski definition) is 4. The Labute approximate surface area is 121 Å². The van der Waals surface area contributed by atoms with Crippen LogP contribution in [-0.2, 0) is 16.6 Å². The smallest absolute Gasteiger partial charge is 0.326 e. The maximum Gasteiger partial charge on any atom is 0.393 e. The van der Waals surface area contributed by atoms with Crippen molar-refractivity contribution in [2.24, 2.45) is 11.7 Å². The van der Waals surface area contributed by atoms with Crippen molar-refractivity contribution < 1.29 is 21.6 Å². The Bertz CT molecular complexity index is 587. The number of nitrogens with two attached hydrogens (primary N) is 1. The molecule has 1 saturated heterocycles. The van der Waals surface area contributed by atoms with Gasteiger partial charge in [0.2, 0.25) is 0 Å². The van der Waals surface area contributed by atoms with E-state index in [9.17, 15) is 21.6 Å². The maximum absolute atomic E-state index is 12.8. The number of piperidine rings is 1. The Morgan fingerprint density at radius 2 is 2.10 bits per heavy atom. The summed E-state index contributed by atoms with van der Waals surface area (Å²) < 4.78 is 63.8. The van der Waals surface area contributed by atoms with E-state index >= 15 is 0 Å². The van der Waals surface area contributed by atoms with E-state index in [0.717, 1.165) is 4.31 Å². The van der Waals surface area contributed by atoms with Gasteiger partial charge in [0.05, 0.1) is 5.92 Å². The lowest BCUT2D eigenvalue weighted by Gasteiger charge is -2.32. The molecule has 1 aromatic heterocycles. The van der Waals surface area contributed by atoms with Crippen molar-refractivity contribution in [3.63, 3.8) is 0 Å². The second-order valence-corrected chi connectivity index (χ2v) is 6.84. The summed E-state index contributed by atoms with van der Waals surface area (Å²) in [5, 5.41) is -0.248. The third-order valence-corrected chi connectivity index (χ3v) is 5.27. The van der Waals surface area contributed by atoms with E-state index < -0.39 is 28.7 Å². The van der Waals surface area contributed by atoms with E-state index in [4.69, 9.17) is 5.73 Å². The van der Waals surface area contributed by atoms with E-state index in [-0.39, 0.29) is 31.0 Å². The average molecular weight is 323 g/mol. The van der Waals surface area contributed by atoms with Crippen LogP contribution in [0.2, 0.25) is 0 Å². The molecule has 2 heterocycles. The molecule has 5 nitrogen and oxygen atoms in total. The summed E-state index contributed by atoms with van der Waals surface area (Å²) in [5.41, 5.74) is 6.05. The zero-order chi connectivity index (χ0) is 15.7. The predicted molar refractivity (Wildman–Crippen MR) is 69.7 cm³/mol. The van der Waals surface area contributed by atoms with E-state index in [1.165, 1.54) is 18.3 Å². The van der Waals surface area contributed by atoms with Gasteiger partial charge in [0.25, 0.3) is 10.0 Å². The molecular formula is C12H16F3N3O2S. The number of halogens is 3. The highest BCUT2D eigenvalue weighted by Gasteiger charge is 2.44. The molecule has 0 aromatic carbocycles. The Morgan fingerprint density at radius 1 is 1.38 bits per heavy atom. The van der Waals surface area contributed by atoms with Crippen LogP contribution in [0.4, 0.5) is 13.2 Å². The summed E-state index contributed by atoms with van der Waals surface area (Å²) in [4.78, 5) is 3.79. The molecule has 1 aromatic rings. The molecule has 2 N–H and O–H groups in total. The summed E-state index contributed by atoms with van der Waals surface area (Å²) in [6.07, 6.45) is -2.93. The molecule has 1 unspecified atom stereocenters. The molecule has 118 valence electrons. The van der Waals surface area contributed by atoms with Gasteiger partial charge in [-0.2, -0.15) is 17.5 Å². The maximum atomic E-state index is 12.8. The Hall–Kier alpha value is -1.19.